The third-order valence-corrected chi connectivity index (χ3v) is 5.39. The van der Waals surface area contributed by atoms with E-state index >= 15 is 0 Å². The van der Waals surface area contributed by atoms with Crippen LogP contribution in [-0.4, -0.2) is 19.3 Å². The number of anilines is 1. The summed E-state index contributed by atoms with van der Waals surface area (Å²) in [4.78, 5) is 15.4. The van der Waals surface area contributed by atoms with Crippen LogP contribution < -0.4 is 10.5 Å². The number of amides is 1. The Bertz CT molecular complexity index is 1250. The van der Waals surface area contributed by atoms with Crippen molar-refractivity contribution in [1.29, 1.82) is 0 Å². The summed E-state index contributed by atoms with van der Waals surface area (Å²) >= 11 is 5.89. The van der Waals surface area contributed by atoms with Gasteiger partial charge in [-0.15, -0.1) is 0 Å². The molecule has 162 valence electrons. The Labute approximate surface area is 180 Å². The van der Waals surface area contributed by atoms with E-state index in [4.69, 9.17) is 16.7 Å². The Morgan fingerprint density at radius 1 is 1.10 bits per heavy atom. The maximum absolute atomic E-state index is 13.0. The fourth-order valence-electron chi connectivity index (χ4n) is 2.85. The number of primary sulfonamides is 1. The lowest BCUT2D eigenvalue weighted by Gasteiger charge is -2.13. The number of nitrogens with one attached hydrogen (secondary N) is 1. The minimum Gasteiger partial charge on any atom is -0.326 e. The number of benzene rings is 2. The largest absolute Gasteiger partial charge is 0.417 e. The Balaban J connectivity index is 1.93. The van der Waals surface area contributed by atoms with E-state index in [0.717, 1.165) is 18.3 Å². The van der Waals surface area contributed by atoms with Crippen LogP contribution in [0.5, 0.6) is 0 Å². The van der Waals surface area contributed by atoms with Crippen LogP contribution in [0.2, 0.25) is 5.02 Å². The number of alkyl halides is 3. The van der Waals surface area contributed by atoms with Gasteiger partial charge in [-0.3, -0.25) is 9.78 Å². The second-order valence-electron chi connectivity index (χ2n) is 6.57. The topological polar surface area (TPSA) is 102 Å². The van der Waals surface area contributed by atoms with Crippen LogP contribution in [0.4, 0.5) is 18.9 Å². The molecule has 0 saturated heterocycles. The van der Waals surface area contributed by atoms with E-state index in [1.807, 2.05) is 0 Å². The Morgan fingerprint density at radius 3 is 2.48 bits per heavy atom. The highest BCUT2D eigenvalue weighted by molar-refractivity contribution is 7.89. The third kappa shape index (κ3) is 5.81. The van der Waals surface area contributed by atoms with Gasteiger partial charge < -0.3 is 5.32 Å². The molecule has 6 nitrogen and oxygen atoms in total. The standard InChI is InChI=1S/C20H15ClF3N3O3S/c21-15-3-1-2-12(6-15)7-19(28)27-16-4-5-17(18(9-16)31(25,29)30)13-8-14(11-26-10-13)20(22,23)24/h1-6,8-11H,7H2,(H,27,28)(H2,25,29,30). The number of carbonyl (C=O) groups excluding carboxylic acids is 1. The second kappa shape index (κ2) is 8.66. The van der Waals surface area contributed by atoms with Gasteiger partial charge in [0.05, 0.1) is 16.9 Å². The first-order valence-corrected chi connectivity index (χ1v) is 10.6. The van der Waals surface area contributed by atoms with Crippen molar-refractivity contribution in [3.63, 3.8) is 0 Å². The lowest BCUT2D eigenvalue weighted by molar-refractivity contribution is -0.137. The summed E-state index contributed by atoms with van der Waals surface area (Å²) in [6.45, 7) is 0. The molecule has 0 radical (unpaired) electrons. The molecule has 3 aromatic rings. The molecule has 1 heterocycles. The second-order valence-corrected chi connectivity index (χ2v) is 8.54. The first kappa shape index (κ1) is 22.7. The van der Waals surface area contributed by atoms with Gasteiger partial charge in [0.25, 0.3) is 0 Å². The van der Waals surface area contributed by atoms with Crippen molar-refractivity contribution in [2.24, 2.45) is 5.14 Å². The zero-order valence-electron chi connectivity index (χ0n) is 15.7. The Hall–Kier alpha value is -2.95. The Morgan fingerprint density at radius 2 is 1.84 bits per heavy atom. The van der Waals surface area contributed by atoms with E-state index in [9.17, 15) is 26.4 Å². The lowest BCUT2D eigenvalue weighted by Crippen LogP contribution is -2.17. The van der Waals surface area contributed by atoms with Crippen molar-refractivity contribution in [1.82, 2.24) is 4.98 Å². The van der Waals surface area contributed by atoms with Gasteiger partial charge in [-0.1, -0.05) is 29.8 Å². The molecule has 1 aromatic heterocycles. The number of pyridine rings is 1. The molecule has 0 fully saturated rings. The third-order valence-electron chi connectivity index (χ3n) is 4.20. The lowest BCUT2D eigenvalue weighted by atomic mass is 10.0. The van der Waals surface area contributed by atoms with Crippen LogP contribution in [0, 0.1) is 0 Å². The summed E-state index contributed by atoms with van der Waals surface area (Å²) in [5.74, 6) is -0.448. The number of halogens is 4. The average Bonchev–Trinajstić information content (AvgIpc) is 2.66. The number of aromatic nitrogens is 1. The van der Waals surface area contributed by atoms with E-state index < -0.39 is 32.6 Å². The highest BCUT2D eigenvalue weighted by Crippen LogP contribution is 2.34. The van der Waals surface area contributed by atoms with Crippen LogP contribution in [0.1, 0.15) is 11.1 Å². The molecule has 0 unspecified atom stereocenters. The highest BCUT2D eigenvalue weighted by atomic mass is 35.5. The van der Waals surface area contributed by atoms with Gasteiger partial charge in [0.2, 0.25) is 15.9 Å². The fraction of sp³-hybridized carbons (Fsp3) is 0.100. The number of nitrogens with two attached hydrogens (primary N) is 1. The van der Waals surface area contributed by atoms with Crippen LogP contribution in [0.25, 0.3) is 11.1 Å². The van der Waals surface area contributed by atoms with Crippen LogP contribution in [0.3, 0.4) is 0 Å². The van der Waals surface area contributed by atoms with Gasteiger partial charge in [-0.05, 0) is 35.9 Å². The highest BCUT2D eigenvalue weighted by Gasteiger charge is 2.31. The Kier molecular flexibility index (Phi) is 6.35. The molecule has 1 amide bonds. The molecule has 2 aromatic carbocycles. The van der Waals surface area contributed by atoms with Gasteiger partial charge in [-0.25, -0.2) is 13.6 Å². The van der Waals surface area contributed by atoms with Crippen molar-refractivity contribution in [3.8, 4) is 11.1 Å². The first-order chi connectivity index (χ1) is 14.4. The molecule has 3 N–H and O–H groups in total. The molecule has 31 heavy (non-hydrogen) atoms. The monoisotopic (exact) mass is 469 g/mol. The minimum absolute atomic E-state index is 0.0232. The molecular weight excluding hydrogens is 455 g/mol. The first-order valence-electron chi connectivity index (χ1n) is 8.67. The number of hydrogen-bond acceptors (Lipinski definition) is 4. The smallest absolute Gasteiger partial charge is 0.326 e. The van der Waals surface area contributed by atoms with Gasteiger partial charge >= 0.3 is 6.18 Å². The zero-order chi connectivity index (χ0) is 22.8. The van der Waals surface area contributed by atoms with E-state index in [-0.39, 0.29) is 23.2 Å². The summed E-state index contributed by atoms with van der Waals surface area (Å²) in [6.07, 6.45) is -2.95. The molecule has 0 aliphatic heterocycles. The predicted octanol–water partition coefficient (Wildman–Crippen LogP) is 4.25. The zero-order valence-corrected chi connectivity index (χ0v) is 17.2. The quantitative estimate of drug-likeness (QED) is 0.583. The molecule has 0 spiro atoms. The summed E-state index contributed by atoms with van der Waals surface area (Å²) < 4.78 is 63.1. The summed E-state index contributed by atoms with van der Waals surface area (Å²) in [6, 6.07) is 11.1. The molecule has 0 bridgehead atoms. The van der Waals surface area contributed by atoms with Crippen molar-refractivity contribution in [2.45, 2.75) is 17.5 Å². The van der Waals surface area contributed by atoms with Crippen LogP contribution >= 0.6 is 11.6 Å². The molecule has 3 rings (SSSR count). The van der Waals surface area contributed by atoms with Gasteiger partial charge in [0.1, 0.15) is 0 Å². The SMILES string of the molecule is NS(=O)(=O)c1cc(NC(=O)Cc2cccc(Cl)c2)ccc1-c1cncc(C(F)(F)F)c1. The number of hydrogen-bond donors (Lipinski definition) is 2. The van der Waals surface area contributed by atoms with E-state index in [1.54, 1.807) is 24.3 Å². The number of carbonyl (C=O) groups is 1. The molecule has 0 aliphatic carbocycles. The summed E-state index contributed by atoms with van der Waals surface area (Å²) in [5, 5.41) is 8.26. The summed E-state index contributed by atoms with van der Waals surface area (Å²) in [7, 11) is -4.33. The van der Waals surface area contributed by atoms with Gasteiger partial charge in [0, 0.05) is 34.2 Å². The van der Waals surface area contributed by atoms with E-state index in [0.29, 0.717) is 16.8 Å². The van der Waals surface area contributed by atoms with Crippen molar-refractivity contribution in [2.75, 3.05) is 5.32 Å². The van der Waals surface area contributed by atoms with E-state index in [1.165, 1.54) is 12.1 Å². The molecule has 0 atom stereocenters. The maximum Gasteiger partial charge on any atom is 0.417 e. The van der Waals surface area contributed by atoms with Crippen molar-refractivity contribution >= 4 is 33.2 Å². The average molecular weight is 470 g/mol. The molecule has 0 aliphatic rings. The van der Waals surface area contributed by atoms with Crippen molar-refractivity contribution in [3.05, 3.63) is 77.1 Å². The molecule has 0 saturated carbocycles. The molecule has 11 heteroatoms. The maximum atomic E-state index is 13.0. The van der Waals surface area contributed by atoms with Crippen molar-refractivity contribution < 1.29 is 26.4 Å². The number of rotatable bonds is 5. The predicted molar refractivity (Wildman–Crippen MR) is 110 cm³/mol. The van der Waals surface area contributed by atoms with Crippen LogP contribution in [0.15, 0.2) is 65.8 Å². The number of nitrogens with zero attached hydrogens (tertiary/aromatic N) is 1. The van der Waals surface area contributed by atoms with E-state index in [2.05, 4.69) is 10.3 Å². The fourth-order valence-corrected chi connectivity index (χ4v) is 3.85. The van der Waals surface area contributed by atoms with Gasteiger partial charge in [-0.2, -0.15) is 13.2 Å². The number of sulfonamides is 1. The van der Waals surface area contributed by atoms with Gasteiger partial charge in [0.15, 0.2) is 0 Å². The normalized spacial score (nSPS) is 11.9. The summed E-state index contributed by atoms with van der Waals surface area (Å²) in [5.41, 5.74) is -0.447. The minimum atomic E-state index is -4.65. The van der Waals surface area contributed by atoms with Crippen LogP contribution in [-0.2, 0) is 27.4 Å². The molecular formula is C20H15ClF3N3O3S.